The van der Waals surface area contributed by atoms with Gasteiger partial charge in [-0.2, -0.15) is 10.2 Å². The summed E-state index contributed by atoms with van der Waals surface area (Å²) in [6.07, 6.45) is 5.45. The van der Waals surface area contributed by atoms with E-state index in [1.165, 1.54) is 24.7 Å². The average Bonchev–Trinajstić information content (AvgIpc) is 3.32. The van der Waals surface area contributed by atoms with E-state index in [2.05, 4.69) is 60.6 Å². The molecular formula is C27H30N8O. The Morgan fingerprint density at radius 1 is 1.06 bits per heavy atom. The lowest BCUT2D eigenvalue weighted by Gasteiger charge is -2.41. The standard InChI is InChI=1S/C27H30N8O/c1-27(36)12-11-17-3-10-23(31-24(17)27)32-25-18(13-28)14-29-26(33-25)30-19-4-6-20(7-5-19)35-21-8-9-22(35)16-34(2)15-21/h3-7,10,14,21-22,36H,8-9,11-12,15-16H2,1-2H3,(H2,29,30,31,32,33)/t21?,22?,27-/m0/s1. The largest absolute Gasteiger partial charge is 0.384 e. The number of benzene rings is 1. The molecule has 0 spiro atoms. The van der Waals surface area contributed by atoms with Gasteiger partial charge in [0.1, 0.15) is 23.1 Å². The first-order valence-electron chi connectivity index (χ1n) is 12.5. The van der Waals surface area contributed by atoms with Crippen LogP contribution in [-0.2, 0) is 12.0 Å². The highest BCUT2D eigenvalue weighted by atomic mass is 16.3. The first-order chi connectivity index (χ1) is 17.4. The Hall–Kier alpha value is -3.74. The molecule has 3 atom stereocenters. The molecule has 2 bridgehead atoms. The van der Waals surface area contributed by atoms with Crippen molar-refractivity contribution in [3.05, 3.63) is 59.4 Å². The Labute approximate surface area is 210 Å². The van der Waals surface area contributed by atoms with Crippen molar-refractivity contribution in [2.24, 2.45) is 0 Å². The fourth-order valence-electron chi connectivity index (χ4n) is 5.84. The number of nitrogens with one attached hydrogen (secondary N) is 2. The minimum absolute atomic E-state index is 0.315. The Kier molecular flexibility index (Phi) is 5.51. The van der Waals surface area contributed by atoms with Crippen LogP contribution in [0.4, 0.5) is 29.0 Å². The zero-order chi connectivity index (χ0) is 24.9. The van der Waals surface area contributed by atoms with Gasteiger partial charge < -0.3 is 25.5 Å². The molecule has 1 aromatic carbocycles. The van der Waals surface area contributed by atoms with Crippen molar-refractivity contribution in [2.75, 3.05) is 35.7 Å². The highest BCUT2D eigenvalue weighted by Crippen LogP contribution is 2.37. The molecule has 1 aliphatic carbocycles. The summed E-state index contributed by atoms with van der Waals surface area (Å²) in [7, 11) is 2.21. The number of pyridine rings is 1. The molecule has 0 saturated carbocycles. The number of aliphatic hydroxyl groups is 1. The number of anilines is 5. The van der Waals surface area contributed by atoms with E-state index in [-0.39, 0.29) is 0 Å². The summed E-state index contributed by atoms with van der Waals surface area (Å²) < 4.78 is 0. The third kappa shape index (κ3) is 4.12. The van der Waals surface area contributed by atoms with E-state index in [0.717, 1.165) is 30.8 Å². The summed E-state index contributed by atoms with van der Waals surface area (Å²) in [4.78, 5) is 18.5. The Bertz CT molecular complexity index is 1320. The molecule has 2 saturated heterocycles. The fraction of sp³-hybridized carbons (Fsp3) is 0.407. The van der Waals surface area contributed by atoms with Crippen molar-refractivity contribution in [3.63, 3.8) is 0 Å². The normalized spacial score (nSPS) is 24.9. The number of fused-ring (bicyclic) bond motifs is 3. The fourth-order valence-corrected chi connectivity index (χ4v) is 5.84. The molecule has 36 heavy (non-hydrogen) atoms. The first kappa shape index (κ1) is 22.7. The molecule has 2 unspecified atom stereocenters. The Morgan fingerprint density at radius 3 is 2.53 bits per heavy atom. The van der Waals surface area contributed by atoms with Gasteiger partial charge >= 0.3 is 0 Å². The number of aromatic nitrogens is 3. The minimum Gasteiger partial charge on any atom is -0.384 e. The third-order valence-electron chi connectivity index (χ3n) is 7.61. The number of likely N-dealkylation sites (N-methyl/N-ethyl adjacent to an activating group) is 1. The van der Waals surface area contributed by atoms with Crippen molar-refractivity contribution in [2.45, 2.75) is 50.3 Å². The number of hydrogen-bond donors (Lipinski definition) is 3. The van der Waals surface area contributed by atoms with Gasteiger partial charge in [-0.15, -0.1) is 0 Å². The molecule has 4 heterocycles. The topological polar surface area (TPSA) is 113 Å². The van der Waals surface area contributed by atoms with Gasteiger partial charge in [0.25, 0.3) is 0 Å². The molecule has 2 fully saturated rings. The molecule has 2 aromatic heterocycles. The molecule has 2 aliphatic heterocycles. The monoisotopic (exact) mass is 482 g/mol. The van der Waals surface area contributed by atoms with Gasteiger partial charge in [-0.25, -0.2) is 9.97 Å². The van der Waals surface area contributed by atoms with Crippen LogP contribution in [0.5, 0.6) is 0 Å². The van der Waals surface area contributed by atoms with Crippen LogP contribution in [-0.4, -0.2) is 57.2 Å². The number of piperazine rings is 1. The SMILES string of the molecule is CN1CC2CCC(C1)N2c1ccc(Nc2ncc(C#N)c(Nc3ccc4c(n3)[C@@](C)(O)CC4)n2)cc1. The van der Waals surface area contributed by atoms with Gasteiger partial charge in [0, 0.05) is 36.5 Å². The summed E-state index contributed by atoms with van der Waals surface area (Å²) in [5.74, 6) is 1.28. The summed E-state index contributed by atoms with van der Waals surface area (Å²) in [6, 6.07) is 15.5. The molecule has 0 radical (unpaired) electrons. The van der Waals surface area contributed by atoms with Gasteiger partial charge in [0.05, 0.1) is 11.9 Å². The second kappa shape index (κ2) is 8.73. The van der Waals surface area contributed by atoms with Crippen LogP contribution in [0.25, 0.3) is 0 Å². The van der Waals surface area contributed by atoms with Crippen LogP contribution < -0.4 is 15.5 Å². The zero-order valence-electron chi connectivity index (χ0n) is 20.6. The van der Waals surface area contributed by atoms with Crippen LogP contribution in [0.2, 0.25) is 0 Å². The maximum atomic E-state index is 10.6. The molecule has 6 rings (SSSR count). The van der Waals surface area contributed by atoms with Crippen molar-refractivity contribution in [1.82, 2.24) is 19.9 Å². The molecule has 184 valence electrons. The van der Waals surface area contributed by atoms with E-state index in [0.29, 0.717) is 47.3 Å². The van der Waals surface area contributed by atoms with E-state index in [1.807, 2.05) is 24.3 Å². The number of hydrogen-bond acceptors (Lipinski definition) is 9. The smallest absolute Gasteiger partial charge is 0.229 e. The van der Waals surface area contributed by atoms with E-state index in [1.54, 1.807) is 6.92 Å². The van der Waals surface area contributed by atoms with E-state index in [4.69, 9.17) is 0 Å². The lowest BCUT2D eigenvalue weighted by atomic mass is 10.0. The van der Waals surface area contributed by atoms with Gasteiger partial charge in [-0.1, -0.05) is 6.07 Å². The number of rotatable bonds is 5. The van der Waals surface area contributed by atoms with Crippen molar-refractivity contribution in [1.29, 1.82) is 5.26 Å². The molecule has 9 heteroatoms. The van der Waals surface area contributed by atoms with Gasteiger partial charge in [0.2, 0.25) is 5.95 Å². The molecular weight excluding hydrogens is 452 g/mol. The number of aryl methyl sites for hydroxylation is 1. The van der Waals surface area contributed by atoms with Crippen LogP contribution in [0.3, 0.4) is 0 Å². The number of likely N-dealkylation sites (tertiary alicyclic amines) is 1. The van der Waals surface area contributed by atoms with Gasteiger partial charge in [-0.05, 0) is 75.5 Å². The van der Waals surface area contributed by atoms with Crippen molar-refractivity contribution >= 4 is 29.0 Å². The first-order valence-corrected chi connectivity index (χ1v) is 12.5. The number of nitriles is 1. The van der Waals surface area contributed by atoms with Crippen LogP contribution in [0, 0.1) is 11.3 Å². The Balaban J connectivity index is 1.20. The lowest BCUT2D eigenvalue weighted by Crippen LogP contribution is -2.52. The molecule has 3 aliphatic rings. The second-order valence-electron chi connectivity index (χ2n) is 10.4. The van der Waals surface area contributed by atoms with Gasteiger partial charge in [0.15, 0.2) is 5.82 Å². The Morgan fingerprint density at radius 2 is 1.81 bits per heavy atom. The van der Waals surface area contributed by atoms with E-state index in [9.17, 15) is 10.4 Å². The van der Waals surface area contributed by atoms with Crippen molar-refractivity contribution in [3.8, 4) is 6.07 Å². The highest BCUT2D eigenvalue weighted by Gasteiger charge is 2.38. The predicted octanol–water partition coefficient (Wildman–Crippen LogP) is 3.67. The molecule has 3 N–H and O–H groups in total. The highest BCUT2D eigenvalue weighted by molar-refractivity contribution is 5.65. The molecule has 3 aromatic rings. The van der Waals surface area contributed by atoms with Crippen molar-refractivity contribution < 1.29 is 5.11 Å². The minimum atomic E-state index is -0.945. The summed E-state index contributed by atoms with van der Waals surface area (Å²) in [6.45, 7) is 4.01. The maximum absolute atomic E-state index is 10.6. The quantitative estimate of drug-likeness (QED) is 0.501. The van der Waals surface area contributed by atoms with E-state index < -0.39 is 5.60 Å². The summed E-state index contributed by atoms with van der Waals surface area (Å²) in [5.41, 5.74) is 3.22. The second-order valence-corrected chi connectivity index (χ2v) is 10.4. The maximum Gasteiger partial charge on any atom is 0.229 e. The predicted molar refractivity (Wildman–Crippen MR) is 139 cm³/mol. The molecule has 9 nitrogen and oxygen atoms in total. The van der Waals surface area contributed by atoms with Crippen LogP contribution in [0.1, 0.15) is 43.0 Å². The summed E-state index contributed by atoms with van der Waals surface area (Å²) >= 11 is 0. The van der Waals surface area contributed by atoms with E-state index >= 15 is 0 Å². The van der Waals surface area contributed by atoms with Crippen LogP contribution >= 0.6 is 0 Å². The number of nitrogens with zero attached hydrogens (tertiary/aromatic N) is 6. The molecule has 0 amide bonds. The lowest BCUT2D eigenvalue weighted by molar-refractivity contribution is 0.0555. The van der Waals surface area contributed by atoms with Crippen LogP contribution in [0.15, 0.2) is 42.6 Å². The third-order valence-corrected chi connectivity index (χ3v) is 7.61. The van der Waals surface area contributed by atoms with Gasteiger partial charge in [-0.3, -0.25) is 0 Å². The summed E-state index contributed by atoms with van der Waals surface area (Å²) in [5, 5.41) is 26.6. The zero-order valence-corrected chi connectivity index (χ0v) is 20.6. The average molecular weight is 483 g/mol.